The van der Waals surface area contributed by atoms with Crippen LogP contribution in [0.4, 0.5) is 0 Å². The Labute approximate surface area is 816 Å². The fourth-order valence-corrected chi connectivity index (χ4v) is 20.7. The number of nitrogens with zero attached hydrogens (tertiary/aromatic N) is 9. The van der Waals surface area contributed by atoms with Gasteiger partial charge >= 0.3 is 0 Å². The van der Waals surface area contributed by atoms with Gasteiger partial charge in [0.05, 0.1) is 16.2 Å². The van der Waals surface area contributed by atoms with Crippen LogP contribution in [0.2, 0.25) is 0 Å². The molecule has 12 nitrogen and oxygen atoms in total. The van der Waals surface area contributed by atoms with Gasteiger partial charge < -0.3 is 0 Å². The fraction of sp³-hybridized carbons (Fsp3) is 0.0233. The number of ketones is 3. The molecule has 141 heavy (non-hydrogen) atoms. The molecule has 0 amide bonds. The Morgan fingerprint density at radius 3 is 0.610 bits per heavy atom. The average molecular weight is 1810 g/mol. The van der Waals surface area contributed by atoms with Crippen molar-refractivity contribution < 1.29 is 14.4 Å². The molecule has 664 valence electrons. The molecule has 0 bridgehead atoms. The van der Waals surface area contributed by atoms with Crippen molar-refractivity contribution in [2.75, 3.05) is 0 Å². The average Bonchev–Trinajstić information content (AvgIpc) is 0.706. The van der Waals surface area contributed by atoms with Crippen molar-refractivity contribution in [1.29, 1.82) is 0 Å². The van der Waals surface area contributed by atoms with Crippen LogP contribution in [-0.2, 0) is 16.2 Å². The maximum absolute atomic E-state index is 14.3. The van der Waals surface area contributed by atoms with Crippen LogP contribution in [0, 0.1) is 0 Å². The van der Waals surface area contributed by atoms with E-state index in [-0.39, 0.29) is 17.3 Å². The molecule has 12 heteroatoms. The second kappa shape index (κ2) is 37.5. The van der Waals surface area contributed by atoms with Crippen molar-refractivity contribution in [1.82, 2.24) is 44.9 Å². The summed E-state index contributed by atoms with van der Waals surface area (Å²) in [5.74, 6) is 5.57. The predicted molar refractivity (Wildman–Crippen MR) is 559 cm³/mol. The minimum Gasteiger partial charge on any atom is -0.289 e. The highest BCUT2D eigenvalue weighted by Gasteiger charge is 2.50. The monoisotopic (exact) mass is 1810 g/mol. The van der Waals surface area contributed by atoms with Crippen molar-refractivity contribution in [3.63, 3.8) is 0 Å². The second-order valence-electron chi connectivity index (χ2n) is 35.0. The van der Waals surface area contributed by atoms with Gasteiger partial charge in [-0.2, -0.15) is 0 Å². The smallest absolute Gasteiger partial charge is 0.193 e. The Bertz CT molecular complexity index is 8130. The van der Waals surface area contributed by atoms with E-state index in [4.69, 9.17) is 44.9 Å². The molecule has 3 heterocycles. The molecule has 0 unspecified atom stereocenters. The highest BCUT2D eigenvalue weighted by atomic mass is 16.1. The summed E-state index contributed by atoms with van der Waals surface area (Å²) in [6.45, 7) is 0. The van der Waals surface area contributed by atoms with Gasteiger partial charge in [-0.05, 0) is 90.0 Å². The molecule has 22 aromatic rings. The van der Waals surface area contributed by atoms with Crippen LogP contribution in [0.1, 0.15) is 115 Å². The lowest BCUT2D eigenvalue weighted by Gasteiger charge is -2.42. The number of hydrogen-bond donors (Lipinski definition) is 0. The van der Waals surface area contributed by atoms with E-state index in [1.165, 1.54) is 0 Å². The van der Waals surface area contributed by atoms with E-state index < -0.39 is 16.2 Å². The Kier molecular flexibility index (Phi) is 22.9. The topological polar surface area (TPSA) is 167 Å². The highest BCUT2D eigenvalue weighted by molar-refractivity contribution is 6.16. The molecule has 0 saturated carbocycles. The van der Waals surface area contributed by atoms with Gasteiger partial charge in [0, 0.05) is 83.5 Å². The molecule has 3 aromatic heterocycles. The summed E-state index contributed by atoms with van der Waals surface area (Å²) in [5.41, 5.74) is 24.5. The van der Waals surface area contributed by atoms with Crippen LogP contribution in [-0.4, -0.2) is 62.2 Å². The number of rotatable bonds is 16. The Morgan fingerprint density at radius 2 is 0.312 bits per heavy atom. The third-order valence-electron chi connectivity index (χ3n) is 27.1. The summed E-state index contributed by atoms with van der Waals surface area (Å²) < 4.78 is 0. The van der Waals surface area contributed by atoms with Gasteiger partial charge in [0.25, 0.3) is 0 Å². The minimum atomic E-state index is -0.740. The van der Waals surface area contributed by atoms with Crippen LogP contribution in [0.5, 0.6) is 0 Å². The molecule has 19 aromatic carbocycles. The van der Waals surface area contributed by atoms with Gasteiger partial charge in [-0.3, -0.25) is 14.4 Å². The molecule has 0 radical (unpaired) electrons. The standard InChI is InChI=1S/C47H31N3O.2C41H27N3O/c51-43-39-27-15-16-28-41(39)47(35-21-9-3-10-22-35,36-23-11-4-12-24-36)42-31-34(29-30-40(42)43)37-25-13-14-26-38(37)46-49-44(32-17-5-1-6-18-32)48-45(50-46)33-19-7-2-8-20-33;45-37-33-23-10-12-25-35(33)41(31-20-8-3-9-21-31,36-26-13-11-24-34(36)37)32-22-14-19-30(27-32)40-43-38(28-15-4-1-5-16-28)42-39(44-40)29-17-6-2-7-18-29;45-37-33-20-10-12-22-35(33)41(31-18-8-3-9-19-31,36-23-13-11-21-34(36)37)32-26-24-30(25-27-32)40-43-38(28-14-4-1-5-15-28)42-39(44-40)29-16-6-2-7-17-29/h1-31H;2*1-27H. The number of aromatic nitrogens is 9. The van der Waals surface area contributed by atoms with Crippen molar-refractivity contribution >= 4 is 17.3 Å². The zero-order valence-corrected chi connectivity index (χ0v) is 76.3. The third-order valence-corrected chi connectivity index (χ3v) is 27.1. The Hall–Kier alpha value is -18.8. The first kappa shape index (κ1) is 86.3. The lowest BCUT2D eigenvalue weighted by atomic mass is 9.59. The van der Waals surface area contributed by atoms with E-state index in [1.54, 1.807) is 0 Å². The largest absolute Gasteiger partial charge is 0.289 e. The normalized spacial score (nSPS) is 13.0. The fourth-order valence-electron chi connectivity index (χ4n) is 20.7. The Balaban J connectivity index is 0.000000118. The van der Waals surface area contributed by atoms with E-state index in [2.05, 4.69) is 194 Å². The number of benzene rings is 19. The highest BCUT2D eigenvalue weighted by Crippen LogP contribution is 2.56. The number of carbonyl (C=O) groups excluding carboxylic acids is 3. The SMILES string of the molecule is O=C1c2ccccc2C(c2ccccc2)(c2ccc(-c3nc(-c4ccccc4)nc(-c4ccccc4)n3)cc2)c2ccccc21.O=C1c2ccccc2C(c2ccccc2)(c2cccc(-c3nc(-c4ccccc4)nc(-c4ccccc4)n3)c2)c2ccccc21.O=C1c2ccccc2C(c2ccccc2)(c2ccccc2)c2cc(-c3ccccc3-c3nc(-c4ccccc4)nc(-c4ccccc4)n3)ccc21. The van der Waals surface area contributed by atoms with Crippen molar-refractivity contribution in [3.05, 3.63) is 616 Å². The van der Waals surface area contributed by atoms with E-state index >= 15 is 0 Å². The number of carbonyl (C=O) groups is 3. The summed E-state index contributed by atoms with van der Waals surface area (Å²) in [5, 5.41) is 0. The van der Waals surface area contributed by atoms with Crippen LogP contribution >= 0.6 is 0 Å². The lowest BCUT2D eigenvalue weighted by Crippen LogP contribution is -2.38. The van der Waals surface area contributed by atoms with Gasteiger partial charge in [-0.1, -0.05) is 504 Å². The summed E-state index contributed by atoms with van der Waals surface area (Å²) in [7, 11) is 0. The summed E-state index contributed by atoms with van der Waals surface area (Å²) in [4.78, 5) is 86.6. The maximum atomic E-state index is 14.3. The third kappa shape index (κ3) is 15.6. The van der Waals surface area contributed by atoms with Gasteiger partial charge in [-0.15, -0.1) is 0 Å². The molecule has 0 atom stereocenters. The predicted octanol–water partition coefficient (Wildman–Crippen LogP) is 28.1. The summed E-state index contributed by atoms with van der Waals surface area (Å²) >= 11 is 0. The van der Waals surface area contributed by atoms with Gasteiger partial charge in [0.1, 0.15) is 0 Å². The van der Waals surface area contributed by atoms with Gasteiger partial charge in [0.15, 0.2) is 69.8 Å². The van der Waals surface area contributed by atoms with E-state index in [1.807, 2.05) is 322 Å². The van der Waals surface area contributed by atoms with Gasteiger partial charge in [0.2, 0.25) is 0 Å². The maximum Gasteiger partial charge on any atom is 0.193 e. The molecule has 3 aliphatic carbocycles. The van der Waals surface area contributed by atoms with Crippen molar-refractivity contribution in [2.24, 2.45) is 0 Å². The zero-order chi connectivity index (χ0) is 94.6. The summed E-state index contributed by atoms with van der Waals surface area (Å²) in [6.07, 6.45) is 0. The first-order valence-electron chi connectivity index (χ1n) is 47.1. The second-order valence-corrected chi connectivity index (χ2v) is 35.0. The molecular formula is C129H85N9O3. The quantitative estimate of drug-likeness (QED) is 0.0899. The molecule has 0 aliphatic heterocycles. The van der Waals surface area contributed by atoms with Crippen LogP contribution in [0.3, 0.4) is 0 Å². The van der Waals surface area contributed by atoms with Crippen molar-refractivity contribution in [2.45, 2.75) is 16.2 Å². The first-order valence-corrected chi connectivity index (χ1v) is 47.1. The molecule has 0 saturated heterocycles. The zero-order valence-electron chi connectivity index (χ0n) is 76.3. The molecule has 0 fully saturated rings. The molecule has 25 rings (SSSR count). The minimum absolute atomic E-state index is 0.0281. The number of hydrogen-bond acceptors (Lipinski definition) is 12. The van der Waals surface area contributed by atoms with Gasteiger partial charge in [-0.25, -0.2) is 44.9 Å². The van der Waals surface area contributed by atoms with E-state index in [0.717, 1.165) is 145 Å². The first-order chi connectivity index (χ1) is 69.7. The molecule has 3 aliphatic rings. The van der Waals surface area contributed by atoms with Crippen molar-refractivity contribution in [3.8, 4) is 114 Å². The molecular weight excluding hydrogens is 1720 g/mol. The van der Waals surface area contributed by atoms with Crippen LogP contribution in [0.15, 0.2) is 516 Å². The molecule has 0 N–H and O–H groups in total. The summed E-state index contributed by atoms with van der Waals surface area (Å²) in [6, 6.07) is 173. The van der Waals surface area contributed by atoms with Crippen LogP contribution in [0.25, 0.3) is 114 Å². The lowest BCUT2D eigenvalue weighted by molar-refractivity contribution is 0.102. The molecule has 0 spiro atoms. The Morgan fingerprint density at radius 1 is 0.121 bits per heavy atom. The van der Waals surface area contributed by atoms with E-state index in [0.29, 0.717) is 69.1 Å². The number of fused-ring (bicyclic) bond motifs is 6. The van der Waals surface area contributed by atoms with E-state index in [9.17, 15) is 14.4 Å². The van der Waals surface area contributed by atoms with Crippen LogP contribution < -0.4 is 0 Å².